The highest BCUT2D eigenvalue weighted by Crippen LogP contribution is 2.39. The first-order chi connectivity index (χ1) is 9.81. The molecule has 1 aliphatic rings. The summed E-state index contributed by atoms with van der Waals surface area (Å²) in [6.45, 7) is 0. The van der Waals surface area contributed by atoms with E-state index in [1.165, 1.54) is 4.70 Å². The van der Waals surface area contributed by atoms with Crippen LogP contribution in [-0.2, 0) is 4.79 Å². The number of fused-ring (bicyclic) bond motifs is 1. The molecule has 1 aromatic carbocycles. The smallest absolute Gasteiger partial charge is 0.228 e. The number of rotatable bonds is 3. The number of carbonyl (C=O) groups is 1. The van der Waals surface area contributed by atoms with Crippen LogP contribution < -0.4 is 5.32 Å². The number of hydrogen-bond acceptors (Lipinski definition) is 4. The summed E-state index contributed by atoms with van der Waals surface area (Å²) >= 11 is 3.23. The van der Waals surface area contributed by atoms with E-state index < -0.39 is 0 Å². The van der Waals surface area contributed by atoms with Crippen LogP contribution in [0.5, 0.6) is 0 Å². The van der Waals surface area contributed by atoms with Crippen LogP contribution in [0.1, 0.15) is 12.8 Å². The highest BCUT2D eigenvalue weighted by atomic mass is 32.1. The Morgan fingerprint density at radius 3 is 2.90 bits per heavy atom. The van der Waals surface area contributed by atoms with Gasteiger partial charge in [-0.2, -0.15) is 0 Å². The number of amides is 1. The van der Waals surface area contributed by atoms with Gasteiger partial charge in [-0.15, -0.1) is 22.7 Å². The molecule has 2 heterocycles. The Hall–Kier alpha value is -1.72. The average molecular weight is 300 g/mol. The Balaban J connectivity index is 1.70. The first-order valence-electron chi connectivity index (χ1n) is 6.55. The molecular weight excluding hydrogens is 288 g/mol. The Kier molecular flexibility index (Phi) is 2.82. The SMILES string of the molecule is O=C(Nc1sccc1-c1nc2ccccc2s1)C1CC1. The maximum Gasteiger partial charge on any atom is 0.228 e. The maximum absolute atomic E-state index is 11.9. The molecule has 0 radical (unpaired) electrons. The van der Waals surface area contributed by atoms with E-state index in [1.54, 1.807) is 22.7 Å². The molecule has 20 heavy (non-hydrogen) atoms. The van der Waals surface area contributed by atoms with E-state index in [2.05, 4.69) is 16.4 Å². The second-order valence-electron chi connectivity index (χ2n) is 4.91. The summed E-state index contributed by atoms with van der Waals surface area (Å²) < 4.78 is 1.17. The van der Waals surface area contributed by atoms with Gasteiger partial charge in [0.15, 0.2) is 0 Å². The second-order valence-corrected chi connectivity index (χ2v) is 6.86. The Bertz CT molecular complexity index is 753. The van der Waals surface area contributed by atoms with Gasteiger partial charge in [0.05, 0.1) is 10.2 Å². The fourth-order valence-corrected chi connectivity index (χ4v) is 3.97. The molecule has 0 atom stereocenters. The minimum Gasteiger partial charge on any atom is -0.317 e. The van der Waals surface area contributed by atoms with E-state index >= 15 is 0 Å². The molecule has 1 aliphatic carbocycles. The summed E-state index contributed by atoms with van der Waals surface area (Å²) in [5.41, 5.74) is 2.04. The summed E-state index contributed by atoms with van der Waals surface area (Å²) in [6, 6.07) is 10.1. The van der Waals surface area contributed by atoms with Gasteiger partial charge < -0.3 is 5.32 Å². The Labute approximate surface area is 124 Å². The van der Waals surface area contributed by atoms with E-state index in [-0.39, 0.29) is 11.8 Å². The molecule has 3 nitrogen and oxygen atoms in total. The van der Waals surface area contributed by atoms with Gasteiger partial charge in [-0.1, -0.05) is 12.1 Å². The number of nitrogens with zero attached hydrogens (tertiary/aromatic N) is 1. The number of aromatic nitrogens is 1. The highest BCUT2D eigenvalue weighted by Gasteiger charge is 2.30. The lowest BCUT2D eigenvalue weighted by atomic mass is 10.3. The quantitative estimate of drug-likeness (QED) is 0.780. The molecule has 1 fully saturated rings. The number of hydrogen-bond donors (Lipinski definition) is 1. The molecule has 0 bridgehead atoms. The van der Waals surface area contributed by atoms with Crippen molar-refractivity contribution in [3.8, 4) is 10.6 Å². The van der Waals surface area contributed by atoms with Crippen LogP contribution in [0, 0.1) is 5.92 Å². The Morgan fingerprint density at radius 2 is 2.10 bits per heavy atom. The zero-order valence-electron chi connectivity index (χ0n) is 10.6. The lowest BCUT2D eigenvalue weighted by molar-refractivity contribution is -0.117. The van der Waals surface area contributed by atoms with Crippen molar-refractivity contribution in [3.05, 3.63) is 35.7 Å². The molecule has 0 unspecified atom stereocenters. The molecule has 1 amide bonds. The summed E-state index contributed by atoms with van der Waals surface area (Å²) in [4.78, 5) is 16.6. The molecule has 5 heteroatoms. The van der Waals surface area contributed by atoms with Crippen molar-refractivity contribution in [1.29, 1.82) is 0 Å². The van der Waals surface area contributed by atoms with Crippen LogP contribution in [-0.4, -0.2) is 10.9 Å². The third-order valence-corrected chi connectivity index (χ3v) is 5.27. The van der Waals surface area contributed by atoms with E-state index in [4.69, 9.17) is 0 Å². The lowest BCUT2D eigenvalue weighted by Gasteiger charge is -2.03. The van der Waals surface area contributed by atoms with E-state index in [9.17, 15) is 4.79 Å². The van der Waals surface area contributed by atoms with Gasteiger partial charge in [-0.3, -0.25) is 4.79 Å². The summed E-state index contributed by atoms with van der Waals surface area (Å²) in [5.74, 6) is 0.370. The standard InChI is InChI=1S/C15H12N2OS2/c18-13(9-5-6-9)17-14-10(7-8-19-14)15-16-11-3-1-2-4-12(11)20-15/h1-4,7-9H,5-6H2,(H,17,18). The van der Waals surface area contributed by atoms with Crippen molar-refractivity contribution in [3.63, 3.8) is 0 Å². The molecule has 2 aromatic heterocycles. The van der Waals surface area contributed by atoms with Crippen molar-refractivity contribution in [2.24, 2.45) is 5.92 Å². The minimum atomic E-state index is 0.148. The number of thiophene rings is 1. The van der Waals surface area contributed by atoms with Crippen LogP contribution >= 0.6 is 22.7 Å². The summed E-state index contributed by atoms with van der Waals surface area (Å²) in [6.07, 6.45) is 2.04. The molecule has 4 rings (SSSR count). The third kappa shape index (κ3) is 2.13. The van der Waals surface area contributed by atoms with Crippen molar-refractivity contribution in [1.82, 2.24) is 4.98 Å². The molecule has 0 spiro atoms. The number of thiazole rings is 1. The van der Waals surface area contributed by atoms with E-state index in [0.29, 0.717) is 0 Å². The van der Waals surface area contributed by atoms with E-state index in [1.807, 2.05) is 29.6 Å². The summed E-state index contributed by atoms with van der Waals surface area (Å²) in [7, 11) is 0. The van der Waals surface area contributed by atoms with Gasteiger partial charge in [0, 0.05) is 11.5 Å². The van der Waals surface area contributed by atoms with Gasteiger partial charge >= 0.3 is 0 Å². The number of benzene rings is 1. The van der Waals surface area contributed by atoms with Crippen LogP contribution in [0.3, 0.4) is 0 Å². The van der Waals surface area contributed by atoms with Crippen LogP contribution in [0.15, 0.2) is 35.7 Å². The number of para-hydroxylation sites is 1. The molecule has 1 N–H and O–H groups in total. The molecular formula is C15H12N2OS2. The minimum absolute atomic E-state index is 0.148. The van der Waals surface area contributed by atoms with Crippen molar-refractivity contribution in [2.45, 2.75) is 12.8 Å². The number of carbonyl (C=O) groups excluding carboxylic acids is 1. The largest absolute Gasteiger partial charge is 0.317 e. The summed E-state index contributed by atoms with van der Waals surface area (Å²) in [5, 5.41) is 6.93. The second kappa shape index (κ2) is 4.68. The van der Waals surface area contributed by atoms with Crippen molar-refractivity contribution >= 4 is 43.8 Å². The highest BCUT2D eigenvalue weighted by molar-refractivity contribution is 7.22. The monoisotopic (exact) mass is 300 g/mol. The molecule has 3 aromatic rings. The third-order valence-electron chi connectivity index (χ3n) is 3.37. The van der Waals surface area contributed by atoms with Gasteiger partial charge in [-0.25, -0.2) is 4.98 Å². The van der Waals surface area contributed by atoms with Crippen LogP contribution in [0.2, 0.25) is 0 Å². The normalized spacial score (nSPS) is 14.6. The molecule has 100 valence electrons. The van der Waals surface area contributed by atoms with E-state index in [0.717, 1.165) is 33.9 Å². The fourth-order valence-electron chi connectivity index (χ4n) is 2.12. The topological polar surface area (TPSA) is 42.0 Å². The zero-order chi connectivity index (χ0) is 13.5. The number of anilines is 1. The fraction of sp³-hybridized carbons (Fsp3) is 0.200. The average Bonchev–Trinajstić information content (AvgIpc) is 3.07. The predicted molar refractivity (Wildman–Crippen MR) is 84.3 cm³/mol. The number of nitrogens with one attached hydrogen (secondary N) is 1. The van der Waals surface area contributed by atoms with Crippen LogP contribution in [0.25, 0.3) is 20.8 Å². The first kappa shape index (κ1) is 12.1. The van der Waals surface area contributed by atoms with Crippen molar-refractivity contribution < 1.29 is 4.79 Å². The Morgan fingerprint density at radius 1 is 1.25 bits per heavy atom. The van der Waals surface area contributed by atoms with Gasteiger partial charge in [-0.05, 0) is 36.4 Å². The molecule has 1 saturated carbocycles. The lowest BCUT2D eigenvalue weighted by Crippen LogP contribution is -2.12. The van der Waals surface area contributed by atoms with Crippen molar-refractivity contribution in [2.75, 3.05) is 5.32 Å². The maximum atomic E-state index is 11.9. The van der Waals surface area contributed by atoms with Gasteiger partial charge in [0.1, 0.15) is 10.0 Å². The molecule has 0 aliphatic heterocycles. The van der Waals surface area contributed by atoms with Gasteiger partial charge in [0.2, 0.25) is 5.91 Å². The van der Waals surface area contributed by atoms with Crippen LogP contribution in [0.4, 0.5) is 5.00 Å². The first-order valence-corrected chi connectivity index (χ1v) is 8.25. The van der Waals surface area contributed by atoms with Gasteiger partial charge in [0.25, 0.3) is 0 Å². The molecule has 0 saturated heterocycles. The zero-order valence-corrected chi connectivity index (χ0v) is 12.3. The predicted octanol–water partition coefficient (Wildman–Crippen LogP) is 4.37.